The molecule has 152 valence electrons. The number of aromatic nitrogens is 1. The van der Waals surface area contributed by atoms with Gasteiger partial charge in [0.05, 0.1) is 18.7 Å². The van der Waals surface area contributed by atoms with E-state index in [0.717, 1.165) is 24.6 Å². The van der Waals surface area contributed by atoms with Crippen molar-refractivity contribution in [2.75, 3.05) is 20.2 Å². The lowest BCUT2D eigenvalue weighted by molar-refractivity contribution is -0.139. The van der Waals surface area contributed by atoms with Gasteiger partial charge in [-0.1, -0.05) is 12.1 Å². The number of methoxy groups -OCH3 is 1. The van der Waals surface area contributed by atoms with Crippen LogP contribution in [0.5, 0.6) is 5.75 Å². The lowest BCUT2D eigenvalue weighted by atomic mass is 9.73. The Kier molecular flexibility index (Phi) is 4.94. The highest BCUT2D eigenvalue weighted by Crippen LogP contribution is 2.37. The fraction of sp³-hybridized carbons (Fsp3) is 0.381. The number of likely N-dealkylation sites (tertiary alicyclic amines) is 1. The van der Waals surface area contributed by atoms with Crippen molar-refractivity contribution in [2.45, 2.75) is 25.3 Å². The van der Waals surface area contributed by atoms with Gasteiger partial charge in [0.1, 0.15) is 11.6 Å². The summed E-state index contributed by atoms with van der Waals surface area (Å²) in [6.45, 7) is 0.278. The van der Waals surface area contributed by atoms with E-state index in [2.05, 4.69) is 10.3 Å². The van der Waals surface area contributed by atoms with Gasteiger partial charge >= 0.3 is 0 Å². The molecule has 0 bridgehead atoms. The van der Waals surface area contributed by atoms with Crippen molar-refractivity contribution >= 4 is 11.8 Å². The number of halogens is 2. The lowest BCUT2D eigenvalue weighted by Gasteiger charge is -2.48. The number of carbonyl (C=O) groups is 2. The molecule has 2 amide bonds. The van der Waals surface area contributed by atoms with E-state index in [0.29, 0.717) is 18.2 Å². The van der Waals surface area contributed by atoms with E-state index in [1.54, 1.807) is 7.11 Å². The third kappa shape index (κ3) is 3.92. The highest BCUT2D eigenvalue weighted by Gasteiger charge is 2.52. The minimum absolute atomic E-state index is 0.112. The Balaban J connectivity index is 1.53. The highest BCUT2D eigenvalue weighted by molar-refractivity contribution is 5.95. The number of pyridine rings is 1. The Hall–Kier alpha value is -3.03. The summed E-state index contributed by atoms with van der Waals surface area (Å²) in [4.78, 5) is 30.5. The smallest absolute Gasteiger partial charge is 0.275 e. The van der Waals surface area contributed by atoms with Crippen LogP contribution in [0.2, 0.25) is 0 Å². The van der Waals surface area contributed by atoms with Crippen LogP contribution in [0.4, 0.5) is 8.78 Å². The monoisotopic (exact) mass is 401 g/mol. The molecular weight excluding hydrogens is 380 g/mol. The summed E-state index contributed by atoms with van der Waals surface area (Å²) in [5.74, 6) is -1.94. The molecule has 1 N–H and O–H groups in total. The van der Waals surface area contributed by atoms with Crippen molar-refractivity contribution in [1.82, 2.24) is 15.2 Å². The van der Waals surface area contributed by atoms with E-state index in [4.69, 9.17) is 4.74 Å². The van der Waals surface area contributed by atoms with Crippen LogP contribution < -0.4 is 10.1 Å². The van der Waals surface area contributed by atoms with Crippen LogP contribution in [0.25, 0.3) is 0 Å². The standard InChI is InChI=1S/C21H21F2N3O3/c1-29-16-4-2-3-13(7-16)9-21(20(28)25-15-5-6-15)11-26(12-21)19(27)18-17(23)8-14(22)10-24-18/h2-4,7-8,10,15H,5-6,9,11-12H2,1H3,(H,25,28). The first-order valence-corrected chi connectivity index (χ1v) is 9.44. The second-order valence-electron chi connectivity index (χ2n) is 7.70. The molecule has 8 heteroatoms. The topological polar surface area (TPSA) is 71.5 Å². The van der Waals surface area contributed by atoms with E-state index in [-0.39, 0.29) is 25.0 Å². The van der Waals surface area contributed by atoms with E-state index < -0.39 is 28.7 Å². The van der Waals surface area contributed by atoms with E-state index in [9.17, 15) is 18.4 Å². The van der Waals surface area contributed by atoms with Gasteiger partial charge in [0, 0.05) is 25.2 Å². The number of hydrogen-bond acceptors (Lipinski definition) is 4. The van der Waals surface area contributed by atoms with Gasteiger partial charge in [0.25, 0.3) is 5.91 Å². The van der Waals surface area contributed by atoms with Crippen molar-refractivity contribution in [1.29, 1.82) is 0 Å². The van der Waals surface area contributed by atoms with Crippen molar-refractivity contribution < 1.29 is 23.1 Å². The van der Waals surface area contributed by atoms with E-state index >= 15 is 0 Å². The largest absolute Gasteiger partial charge is 0.497 e. The minimum Gasteiger partial charge on any atom is -0.497 e. The molecule has 0 radical (unpaired) electrons. The number of amides is 2. The molecule has 0 atom stereocenters. The molecule has 1 saturated carbocycles. The van der Waals surface area contributed by atoms with Crippen molar-refractivity contribution in [3.05, 3.63) is 59.4 Å². The second kappa shape index (κ2) is 7.42. The van der Waals surface area contributed by atoms with Gasteiger partial charge in [-0.25, -0.2) is 13.8 Å². The van der Waals surface area contributed by atoms with Gasteiger partial charge in [-0.15, -0.1) is 0 Å². The van der Waals surface area contributed by atoms with Crippen molar-refractivity contribution in [3.63, 3.8) is 0 Å². The fourth-order valence-electron chi connectivity index (χ4n) is 3.62. The number of nitrogens with one attached hydrogen (secondary N) is 1. The summed E-state index contributed by atoms with van der Waals surface area (Å²) in [5.41, 5.74) is -0.335. The fourth-order valence-corrected chi connectivity index (χ4v) is 3.62. The molecule has 6 nitrogen and oxygen atoms in total. The molecule has 1 aromatic heterocycles. The zero-order valence-electron chi connectivity index (χ0n) is 16.0. The first-order valence-electron chi connectivity index (χ1n) is 9.44. The Morgan fingerprint density at radius 1 is 1.28 bits per heavy atom. The number of ether oxygens (including phenoxy) is 1. The van der Waals surface area contributed by atoms with Crippen molar-refractivity contribution in [3.8, 4) is 5.75 Å². The predicted molar refractivity (Wildman–Crippen MR) is 100 cm³/mol. The average molecular weight is 401 g/mol. The third-order valence-corrected chi connectivity index (χ3v) is 5.36. The predicted octanol–water partition coefficient (Wildman–Crippen LogP) is 2.33. The van der Waals surface area contributed by atoms with Gasteiger partial charge in [0.2, 0.25) is 5.91 Å². The summed E-state index contributed by atoms with van der Waals surface area (Å²) in [6.07, 6.45) is 3.13. The normalized spacial score (nSPS) is 17.4. The summed E-state index contributed by atoms with van der Waals surface area (Å²) in [7, 11) is 1.57. The summed E-state index contributed by atoms with van der Waals surface area (Å²) < 4.78 is 32.3. The number of hydrogen-bond donors (Lipinski definition) is 1. The summed E-state index contributed by atoms with van der Waals surface area (Å²) in [6, 6.07) is 8.24. The molecule has 4 rings (SSSR count). The second-order valence-corrected chi connectivity index (χ2v) is 7.70. The number of rotatable bonds is 6. The molecule has 2 aliphatic rings. The van der Waals surface area contributed by atoms with Gasteiger partial charge < -0.3 is 15.0 Å². The maximum absolute atomic E-state index is 13.9. The molecule has 1 aliphatic carbocycles. The minimum atomic E-state index is -1.01. The molecule has 29 heavy (non-hydrogen) atoms. The quantitative estimate of drug-likeness (QED) is 0.807. The van der Waals surface area contributed by atoms with Crippen LogP contribution >= 0.6 is 0 Å². The number of carbonyl (C=O) groups excluding carboxylic acids is 2. The molecule has 0 unspecified atom stereocenters. The van der Waals surface area contributed by atoms with Gasteiger partial charge in [-0.05, 0) is 37.0 Å². The van der Waals surface area contributed by atoms with Gasteiger partial charge in [-0.3, -0.25) is 9.59 Å². The molecule has 1 aliphatic heterocycles. The molecule has 0 spiro atoms. The van der Waals surface area contributed by atoms with Crippen LogP contribution in [0.15, 0.2) is 36.5 Å². The summed E-state index contributed by atoms with van der Waals surface area (Å²) >= 11 is 0. The van der Waals surface area contributed by atoms with Gasteiger partial charge in [-0.2, -0.15) is 0 Å². The maximum atomic E-state index is 13.9. The molecular formula is C21H21F2N3O3. The van der Waals surface area contributed by atoms with Crippen LogP contribution in [-0.2, 0) is 11.2 Å². The lowest BCUT2D eigenvalue weighted by Crippen LogP contribution is -2.66. The molecule has 1 aromatic carbocycles. The SMILES string of the molecule is COc1cccc(CC2(C(=O)NC3CC3)CN(C(=O)c3ncc(F)cc3F)C2)c1. The van der Waals surface area contributed by atoms with Crippen LogP contribution in [0.3, 0.4) is 0 Å². The molecule has 1 saturated heterocycles. The summed E-state index contributed by atoms with van der Waals surface area (Å²) in [5, 5.41) is 3.02. The Morgan fingerprint density at radius 3 is 2.69 bits per heavy atom. The zero-order valence-corrected chi connectivity index (χ0v) is 16.0. The Labute approximate surface area is 166 Å². The van der Waals surface area contributed by atoms with Crippen LogP contribution in [0, 0.1) is 17.0 Å². The van der Waals surface area contributed by atoms with Crippen LogP contribution in [-0.4, -0.2) is 47.9 Å². The third-order valence-electron chi connectivity index (χ3n) is 5.36. The van der Waals surface area contributed by atoms with Gasteiger partial charge in [0.15, 0.2) is 11.5 Å². The van der Waals surface area contributed by atoms with Crippen LogP contribution in [0.1, 0.15) is 28.9 Å². The highest BCUT2D eigenvalue weighted by atomic mass is 19.1. The Morgan fingerprint density at radius 2 is 2.03 bits per heavy atom. The van der Waals surface area contributed by atoms with Crippen molar-refractivity contribution in [2.24, 2.45) is 5.41 Å². The van der Waals surface area contributed by atoms with E-state index in [1.807, 2.05) is 24.3 Å². The Bertz CT molecular complexity index is 956. The maximum Gasteiger partial charge on any atom is 0.275 e. The zero-order chi connectivity index (χ0) is 20.6. The first kappa shape index (κ1) is 19.3. The molecule has 2 heterocycles. The number of nitrogens with zero attached hydrogens (tertiary/aromatic N) is 2. The number of benzene rings is 1. The molecule has 2 fully saturated rings. The average Bonchev–Trinajstić information content (AvgIpc) is 3.48. The first-order chi connectivity index (χ1) is 13.9. The van der Waals surface area contributed by atoms with E-state index in [1.165, 1.54) is 4.90 Å². The molecule has 2 aromatic rings.